The fourth-order valence-electron chi connectivity index (χ4n) is 4.14. The lowest BCUT2D eigenvalue weighted by Crippen LogP contribution is -2.58. The number of nitrogens with zero attached hydrogens (tertiary/aromatic N) is 3. The van der Waals surface area contributed by atoms with Crippen molar-refractivity contribution in [3.8, 4) is 0 Å². The van der Waals surface area contributed by atoms with E-state index in [0.29, 0.717) is 32.6 Å². The molecule has 1 amide bonds. The lowest BCUT2D eigenvalue weighted by atomic mass is 9.90. The molecule has 156 valence electrons. The van der Waals surface area contributed by atoms with Crippen molar-refractivity contribution in [2.75, 3.05) is 45.9 Å². The number of hydrogen-bond donors (Lipinski definition) is 1. The average Bonchev–Trinajstić information content (AvgIpc) is 3.00. The van der Waals surface area contributed by atoms with Crippen LogP contribution in [0.1, 0.15) is 18.9 Å². The van der Waals surface area contributed by atoms with Crippen LogP contribution in [0.4, 0.5) is 13.2 Å². The fraction of sp³-hybridized carbons (Fsp3) is 0.632. The molecule has 0 aliphatic carbocycles. The summed E-state index contributed by atoms with van der Waals surface area (Å²) in [6.07, 6.45) is -3.93. The summed E-state index contributed by atoms with van der Waals surface area (Å²) in [4.78, 5) is 17.5. The second-order valence-corrected chi connectivity index (χ2v) is 8.56. The molecule has 1 aromatic carbocycles. The number of alkyl halides is 3. The van der Waals surface area contributed by atoms with Gasteiger partial charge in [-0.15, -0.1) is 0 Å². The number of amides is 1. The standard InChI is InChI=1S/C19H25BrF3N3O2/c1-18(13-27,14-2-4-15(20)5-3-14)26-10-8-24(9-11-26)16-6-7-25(17(16)28)12-19(21,22)23/h2-5,16,27H,6-13H2,1H3. The summed E-state index contributed by atoms with van der Waals surface area (Å²) in [5.74, 6) is -0.427. The van der Waals surface area contributed by atoms with E-state index in [-0.39, 0.29) is 13.2 Å². The number of aliphatic hydroxyl groups is 1. The van der Waals surface area contributed by atoms with Crippen molar-refractivity contribution in [3.05, 3.63) is 34.3 Å². The van der Waals surface area contributed by atoms with Gasteiger partial charge in [0.1, 0.15) is 6.54 Å². The van der Waals surface area contributed by atoms with Crippen LogP contribution in [0.2, 0.25) is 0 Å². The zero-order valence-corrected chi connectivity index (χ0v) is 17.3. The van der Waals surface area contributed by atoms with Crippen LogP contribution >= 0.6 is 15.9 Å². The van der Waals surface area contributed by atoms with E-state index in [0.717, 1.165) is 14.9 Å². The van der Waals surface area contributed by atoms with Crippen molar-refractivity contribution in [2.45, 2.75) is 31.1 Å². The molecule has 2 fully saturated rings. The Balaban J connectivity index is 1.62. The monoisotopic (exact) mass is 463 g/mol. The van der Waals surface area contributed by atoms with Crippen molar-refractivity contribution in [2.24, 2.45) is 0 Å². The molecule has 0 saturated carbocycles. The number of halogens is 4. The predicted molar refractivity (Wildman–Crippen MR) is 103 cm³/mol. The first kappa shape index (κ1) is 21.5. The number of carbonyl (C=O) groups excluding carboxylic acids is 1. The average molecular weight is 464 g/mol. The van der Waals surface area contributed by atoms with Crippen LogP contribution in [0.25, 0.3) is 0 Å². The van der Waals surface area contributed by atoms with E-state index >= 15 is 0 Å². The molecule has 0 spiro atoms. The smallest absolute Gasteiger partial charge is 0.394 e. The SMILES string of the molecule is CC(CO)(c1ccc(Br)cc1)N1CCN(C2CCN(CC(F)(F)F)C2=O)CC1. The second-order valence-electron chi connectivity index (χ2n) is 7.64. The van der Waals surface area contributed by atoms with Crippen LogP contribution in [0, 0.1) is 0 Å². The minimum Gasteiger partial charge on any atom is -0.394 e. The highest BCUT2D eigenvalue weighted by atomic mass is 79.9. The molecule has 0 bridgehead atoms. The van der Waals surface area contributed by atoms with Crippen molar-refractivity contribution in [3.63, 3.8) is 0 Å². The second kappa shape index (κ2) is 8.30. The lowest BCUT2D eigenvalue weighted by Gasteiger charge is -2.46. The molecule has 2 heterocycles. The van der Waals surface area contributed by atoms with E-state index < -0.39 is 30.2 Å². The number of rotatable bonds is 5. The Bertz CT molecular complexity index is 693. The molecule has 2 unspecified atom stereocenters. The van der Waals surface area contributed by atoms with Crippen molar-refractivity contribution in [1.82, 2.24) is 14.7 Å². The van der Waals surface area contributed by atoms with Crippen LogP contribution < -0.4 is 0 Å². The van der Waals surface area contributed by atoms with Crippen LogP contribution in [0.15, 0.2) is 28.7 Å². The quantitative estimate of drug-likeness (QED) is 0.728. The highest BCUT2D eigenvalue weighted by Gasteiger charge is 2.43. The number of piperazine rings is 1. The van der Waals surface area contributed by atoms with Gasteiger partial charge in [-0.05, 0) is 31.0 Å². The van der Waals surface area contributed by atoms with E-state index in [1.807, 2.05) is 36.1 Å². The maximum absolute atomic E-state index is 12.6. The van der Waals surface area contributed by atoms with Crippen molar-refractivity contribution < 1.29 is 23.1 Å². The van der Waals surface area contributed by atoms with Gasteiger partial charge in [0, 0.05) is 37.2 Å². The molecule has 0 aromatic heterocycles. The Kier molecular flexibility index (Phi) is 6.38. The molecular weight excluding hydrogens is 439 g/mol. The fourth-order valence-corrected chi connectivity index (χ4v) is 4.41. The Hall–Kier alpha value is -1.16. The first-order valence-electron chi connectivity index (χ1n) is 9.35. The normalized spacial score (nSPS) is 24.6. The molecule has 5 nitrogen and oxygen atoms in total. The summed E-state index contributed by atoms with van der Waals surface area (Å²) in [5, 5.41) is 10.1. The van der Waals surface area contributed by atoms with Crippen LogP contribution in [0.3, 0.4) is 0 Å². The molecule has 2 aliphatic heterocycles. The molecule has 3 rings (SSSR count). The third-order valence-corrected chi connectivity index (χ3v) is 6.39. The van der Waals surface area contributed by atoms with E-state index in [2.05, 4.69) is 20.8 Å². The van der Waals surface area contributed by atoms with Gasteiger partial charge in [-0.25, -0.2) is 0 Å². The summed E-state index contributed by atoms with van der Waals surface area (Å²) in [7, 11) is 0. The van der Waals surface area contributed by atoms with Crippen LogP contribution in [-0.2, 0) is 10.3 Å². The van der Waals surface area contributed by atoms with Gasteiger partial charge in [0.2, 0.25) is 5.91 Å². The van der Waals surface area contributed by atoms with Crippen molar-refractivity contribution >= 4 is 21.8 Å². The number of benzene rings is 1. The van der Waals surface area contributed by atoms with Gasteiger partial charge in [0.25, 0.3) is 0 Å². The third-order valence-electron chi connectivity index (χ3n) is 5.87. The Labute approximate surface area is 171 Å². The van der Waals surface area contributed by atoms with Gasteiger partial charge in [-0.2, -0.15) is 13.2 Å². The summed E-state index contributed by atoms with van der Waals surface area (Å²) in [6.45, 7) is 3.36. The summed E-state index contributed by atoms with van der Waals surface area (Å²) in [5.41, 5.74) is 0.453. The topological polar surface area (TPSA) is 47.0 Å². The Morgan fingerprint density at radius 2 is 1.71 bits per heavy atom. The first-order chi connectivity index (χ1) is 13.1. The number of carbonyl (C=O) groups is 1. The largest absolute Gasteiger partial charge is 0.406 e. The van der Waals surface area contributed by atoms with Gasteiger partial charge in [0.05, 0.1) is 18.2 Å². The molecule has 1 aromatic rings. The van der Waals surface area contributed by atoms with Gasteiger partial charge in [0.15, 0.2) is 0 Å². The lowest BCUT2D eigenvalue weighted by molar-refractivity contribution is -0.159. The van der Waals surface area contributed by atoms with Crippen LogP contribution in [0.5, 0.6) is 0 Å². The minimum atomic E-state index is -4.36. The first-order valence-corrected chi connectivity index (χ1v) is 10.1. The van der Waals surface area contributed by atoms with E-state index in [1.54, 1.807) is 0 Å². The molecule has 1 N–H and O–H groups in total. The highest BCUT2D eigenvalue weighted by Crippen LogP contribution is 2.31. The van der Waals surface area contributed by atoms with Crippen molar-refractivity contribution in [1.29, 1.82) is 0 Å². The Morgan fingerprint density at radius 1 is 1.11 bits per heavy atom. The number of likely N-dealkylation sites (tertiary alicyclic amines) is 1. The summed E-state index contributed by atoms with van der Waals surface area (Å²) >= 11 is 3.42. The summed E-state index contributed by atoms with van der Waals surface area (Å²) < 4.78 is 38.8. The number of aliphatic hydroxyl groups excluding tert-OH is 1. The van der Waals surface area contributed by atoms with Gasteiger partial charge in [-0.3, -0.25) is 14.6 Å². The van der Waals surface area contributed by atoms with Gasteiger partial charge < -0.3 is 10.0 Å². The Morgan fingerprint density at radius 3 is 2.25 bits per heavy atom. The van der Waals surface area contributed by atoms with E-state index in [1.165, 1.54) is 0 Å². The predicted octanol–water partition coefficient (Wildman–Crippen LogP) is 2.44. The molecule has 2 saturated heterocycles. The molecule has 2 aliphatic rings. The van der Waals surface area contributed by atoms with Gasteiger partial charge >= 0.3 is 6.18 Å². The molecule has 9 heteroatoms. The molecule has 0 radical (unpaired) electrons. The maximum Gasteiger partial charge on any atom is 0.406 e. The third kappa shape index (κ3) is 4.53. The van der Waals surface area contributed by atoms with Gasteiger partial charge in [-0.1, -0.05) is 28.1 Å². The van der Waals surface area contributed by atoms with E-state index in [9.17, 15) is 23.1 Å². The minimum absolute atomic E-state index is 0.0453. The molecule has 2 atom stereocenters. The van der Waals surface area contributed by atoms with E-state index in [4.69, 9.17) is 0 Å². The highest BCUT2D eigenvalue weighted by molar-refractivity contribution is 9.10. The molecular formula is C19H25BrF3N3O2. The number of hydrogen-bond acceptors (Lipinski definition) is 4. The summed E-state index contributed by atoms with van der Waals surface area (Å²) in [6, 6.07) is 7.35. The van der Waals surface area contributed by atoms with Crippen LogP contribution in [-0.4, -0.2) is 83.8 Å². The molecule has 28 heavy (non-hydrogen) atoms. The zero-order valence-electron chi connectivity index (χ0n) is 15.8. The maximum atomic E-state index is 12.6. The zero-order chi connectivity index (χ0) is 20.5.